The van der Waals surface area contributed by atoms with Gasteiger partial charge in [0.25, 0.3) is 5.91 Å². The Morgan fingerprint density at radius 1 is 1.00 bits per heavy atom. The average Bonchev–Trinajstić information content (AvgIpc) is 2.67. The first kappa shape index (κ1) is 20.4. The van der Waals surface area contributed by atoms with Gasteiger partial charge in [-0.1, -0.05) is 23.7 Å². The molecule has 2 aromatic carbocycles. The van der Waals surface area contributed by atoms with E-state index in [9.17, 15) is 9.59 Å². The molecule has 2 aromatic rings. The number of benzene rings is 2. The highest BCUT2D eigenvalue weighted by Gasteiger charge is 2.13. The molecule has 0 atom stereocenters. The van der Waals surface area contributed by atoms with Gasteiger partial charge in [0.05, 0.1) is 19.9 Å². The SMILES string of the molecule is COc1cc(Cl)c(C)cc1NC(=O)COC(=O)COc1ccccc1OC. The number of aryl methyl sites for hydroxylation is 1. The molecule has 27 heavy (non-hydrogen) atoms. The summed E-state index contributed by atoms with van der Waals surface area (Å²) in [4.78, 5) is 23.8. The molecule has 1 amide bonds. The third-order valence-corrected chi connectivity index (χ3v) is 3.94. The van der Waals surface area contributed by atoms with Crippen LogP contribution in [0.1, 0.15) is 5.56 Å². The van der Waals surface area contributed by atoms with E-state index >= 15 is 0 Å². The van der Waals surface area contributed by atoms with Crippen LogP contribution in [-0.2, 0) is 14.3 Å². The Bertz CT molecular complexity index is 824. The van der Waals surface area contributed by atoms with Crippen molar-refractivity contribution in [2.45, 2.75) is 6.92 Å². The molecular weight excluding hydrogens is 374 g/mol. The molecule has 0 fully saturated rings. The number of halogens is 1. The van der Waals surface area contributed by atoms with Gasteiger partial charge in [-0.3, -0.25) is 4.79 Å². The van der Waals surface area contributed by atoms with Gasteiger partial charge in [-0.15, -0.1) is 0 Å². The minimum atomic E-state index is -0.685. The molecule has 7 nitrogen and oxygen atoms in total. The van der Waals surface area contributed by atoms with E-state index < -0.39 is 18.5 Å². The number of amides is 1. The van der Waals surface area contributed by atoms with E-state index in [1.807, 2.05) is 0 Å². The van der Waals surface area contributed by atoms with Gasteiger partial charge < -0.3 is 24.3 Å². The summed E-state index contributed by atoms with van der Waals surface area (Å²) < 4.78 is 20.6. The summed E-state index contributed by atoms with van der Waals surface area (Å²) in [5, 5.41) is 3.13. The van der Waals surface area contributed by atoms with Gasteiger partial charge >= 0.3 is 5.97 Å². The minimum absolute atomic E-state index is 0.350. The summed E-state index contributed by atoms with van der Waals surface area (Å²) in [6.45, 7) is 0.989. The molecule has 0 unspecified atom stereocenters. The molecule has 0 heterocycles. The molecule has 0 aliphatic rings. The first-order valence-electron chi connectivity index (χ1n) is 8.00. The summed E-state index contributed by atoms with van der Waals surface area (Å²) in [5.74, 6) is 0.108. The lowest BCUT2D eigenvalue weighted by Crippen LogP contribution is -2.24. The van der Waals surface area contributed by atoms with Gasteiger partial charge in [-0.25, -0.2) is 4.79 Å². The smallest absolute Gasteiger partial charge is 0.344 e. The number of nitrogens with one attached hydrogen (secondary N) is 1. The lowest BCUT2D eigenvalue weighted by molar-refractivity contribution is -0.149. The molecule has 8 heteroatoms. The van der Waals surface area contributed by atoms with Crippen molar-refractivity contribution in [3.63, 3.8) is 0 Å². The number of hydrogen-bond donors (Lipinski definition) is 1. The summed E-state index contributed by atoms with van der Waals surface area (Å²) >= 11 is 6.03. The van der Waals surface area contributed by atoms with Crippen LogP contribution in [0.25, 0.3) is 0 Å². The van der Waals surface area contributed by atoms with Crippen molar-refractivity contribution in [1.82, 2.24) is 0 Å². The van der Waals surface area contributed by atoms with Crippen LogP contribution in [0.2, 0.25) is 5.02 Å². The van der Waals surface area contributed by atoms with Crippen molar-refractivity contribution in [3.8, 4) is 17.2 Å². The monoisotopic (exact) mass is 393 g/mol. The molecule has 144 valence electrons. The Kier molecular flexibility index (Phi) is 7.31. The van der Waals surface area contributed by atoms with Crippen LogP contribution < -0.4 is 19.5 Å². The molecule has 2 rings (SSSR count). The Balaban J connectivity index is 1.85. The van der Waals surface area contributed by atoms with Crippen LogP contribution in [0.5, 0.6) is 17.2 Å². The van der Waals surface area contributed by atoms with Crippen LogP contribution in [-0.4, -0.2) is 39.3 Å². The third kappa shape index (κ3) is 5.79. The molecule has 1 N–H and O–H groups in total. The fourth-order valence-corrected chi connectivity index (χ4v) is 2.33. The Morgan fingerprint density at radius 2 is 1.67 bits per heavy atom. The zero-order valence-electron chi connectivity index (χ0n) is 15.2. The fraction of sp³-hybridized carbons (Fsp3) is 0.263. The molecule has 0 radical (unpaired) electrons. The summed E-state index contributed by atoms with van der Waals surface area (Å²) in [6, 6.07) is 10.2. The third-order valence-electron chi connectivity index (χ3n) is 3.53. The second kappa shape index (κ2) is 9.68. The Morgan fingerprint density at radius 3 is 2.33 bits per heavy atom. The van der Waals surface area contributed by atoms with E-state index in [2.05, 4.69) is 5.32 Å². The highest BCUT2D eigenvalue weighted by atomic mass is 35.5. The predicted octanol–water partition coefficient (Wildman–Crippen LogP) is 3.23. The van der Waals surface area contributed by atoms with Crippen LogP contribution in [0.4, 0.5) is 5.69 Å². The highest BCUT2D eigenvalue weighted by Crippen LogP contribution is 2.30. The largest absolute Gasteiger partial charge is 0.495 e. The molecule has 0 saturated heterocycles. The molecular formula is C19H20ClNO6. The maximum atomic E-state index is 12.0. The van der Waals surface area contributed by atoms with Crippen LogP contribution in [0, 0.1) is 6.92 Å². The van der Waals surface area contributed by atoms with E-state index in [1.165, 1.54) is 14.2 Å². The van der Waals surface area contributed by atoms with E-state index in [-0.39, 0.29) is 6.61 Å². The number of para-hydroxylation sites is 2. The molecule has 0 aliphatic carbocycles. The molecule has 0 spiro atoms. The number of esters is 1. The topological polar surface area (TPSA) is 83.1 Å². The van der Waals surface area contributed by atoms with E-state index in [4.69, 9.17) is 30.5 Å². The first-order valence-corrected chi connectivity index (χ1v) is 8.37. The molecule has 0 aromatic heterocycles. The van der Waals surface area contributed by atoms with Crippen molar-refractivity contribution in [2.75, 3.05) is 32.8 Å². The highest BCUT2D eigenvalue weighted by molar-refractivity contribution is 6.31. The molecule has 0 bridgehead atoms. The molecule has 0 aliphatic heterocycles. The van der Waals surface area contributed by atoms with Gasteiger partial charge in [0.15, 0.2) is 24.7 Å². The normalized spacial score (nSPS) is 10.1. The Hall–Kier alpha value is -2.93. The second-order valence-corrected chi connectivity index (χ2v) is 5.86. The van der Waals surface area contributed by atoms with E-state index in [0.29, 0.717) is 28.0 Å². The van der Waals surface area contributed by atoms with Crippen LogP contribution in [0.3, 0.4) is 0 Å². The van der Waals surface area contributed by atoms with E-state index in [1.54, 1.807) is 43.3 Å². The van der Waals surface area contributed by atoms with Gasteiger partial charge in [-0.2, -0.15) is 0 Å². The Labute approximate surface area is 162 Å². The number of ether oxygens (including phenoxy) is 4. The lowest BCUT2D eigenvalue weighted by atomic mass is 10.2. The van der Waals surface area contributed by atoms with Gasteiger partial charge in [-0.05, 0) is 30.7 Å². The molecule has 0 saturated carbocycles. The zero-order chi connectivity index (χ0) is 19.8. The summed E-state index contributed by atoms with van der Waals surface area (Å²) in [5.41, 5.74) is 1.21. The summed E-state index contributed by atoms with van der Waals surface area (Å²) in [6.07, 6.45) is 0. The maximum absolute atomic E-state index is 12.0. The van der Waals surface area contributed by atoms with E-state index in [0.717, 1.165) is 5.56 Å². The van der Waals surface area contributed by atoms with Crippen molar-refractivity contribution < 1.29 is 28.5 Å². The number of hydrogen-bond acceptors (Lipinski definition) is 6. The van der Waals surface area contributed by atoms with Crippen LogP contribution >= 0.6 is 11.6 Å². The number of anilines is 1. The quantitative estimate of drug-likeness (QED) is 0.693. The number of carbonyl (C=O) groups is 2. The minimum Gasteiger partial charge on any atom is -0.495 e. The number of rotatable bonds is 8. The van der Waals surface area contributed by atoms with Crippen molar-refractivity contribution in [1.29, 1.82) is 0 Å². The van der Waals surface area contributed by atoms with Crippen molar-refractivity contribution >= 4 is 29.2 Å². The lowest BCUT2D eigenvalue weighted by Gasteiger charge is -2.13. The summed E-state index contributed by atoms with van der Waals surface area (Å²) in [7, 11) is 2.96. The van der Waals surface area contributed by atoms with Crippen molar-refractivity contribution in [3.05, 3.63) is 47.0 Å². The standard InChI is InChI=1S/C19H20ClNO6/c1-12-8-14(17(25-3)9-13(12)20)21-18(22)10-27-19(23)11-26-16-7-5-4-6-15(16)24-2/h4-9H,10-11H2,1-3H3,(H,21,22). The predicted molar refractivity (Wildman–Crippen MR) is 101 cm³/mol. The maximum Gasteiger partial charge on any atom is 0.344 e. The number of carbonyl (C=O) groups excluding carboxylic acids is 2. The van der Waals surface area contributed by atoms with Crippen molar-refractivity contribution in [2.24, 2.45) is 0 Å². The average molecular weight is 394 g/mol. The first-order chi connectivity index (χ1) is 12.9. The van der Waals surface area contributed by atoms with Gasteiger partial charge in [0.2, 0.25) is 0 Å². The second-order valence-electron chi connectivity index (χ2n) is 5.45. The fourth-order valence-electron chi connectivity index (χ4n) is 2.18. The number of methoxy groups -OCH3 is 2. The van der Waals surface area contributed by atoms with Gasteiger partial charge in [0.1, 0.15) is 5.75 Å². The zero-order valence-corrected chi connectivity index (χ0v) is 16.0. The van der Waals surface area contributed by atoms with Gasteiger partial charge in [0, 0.05) is 11.1 Å². The van der Waals surface area contributed by atoms with Crippen LogP contribution in [0.15, 0.2) is 36.4 Å².